The molecule has 0 saturated heterocycles. The van der Waals surface area contributed by atoms with Crippen molar-refractivity contribution >= 4 is 114 Å². The maximum atomic E-state index is 13.8. The van der Waals surface area contributed by atoms with E-state index in [0.29, 0.717) is 12.8 Å². The van der Waals surface area contributed by atoms with Gasteiger partial charge in [0, 0.05) is 37.3 Å². The van der Waals surface area contributed by atoms with Gasteiger partial charge in [0.05, 0.1) is 6.10 Å². The van der Waals surface area contributed by atoms with E-state index in [0.717, 1.165) is 0 Å². The molecule has 11 atom stereocenters. The summed E-state index contributed by atoms with van der Waals surface area (Å²) in [7, 11) is 0. The fourth-order valence-electron chi connectivity index (χ4n) is 6.77. The quantitative estimate of drug-likeness (QED) is 0.0117. The van der Waals surface area contributed by atoms with Crippen LogP contribution in [0, 0.1) is 5.41 Å². The fraction of sp³-hybridized carbons (Fsp3) is 0.667. The van der Waals surface area contributed by atoms with Crippen molar-refractivity contribution in [1.29, 1.82) is 5.41 Å². The summed E-state index contributed by atoms with van der Waals surface area (Å²) in [6.07, 6.45) is -4.39. The number of hydrogen-bond acceptors (Lipinski definition) is 20. The van der Waals surface area contributed by atoms with Gasteiger partial charge in [0.2, 0.25) is 59.1 Å². The Morgan fingerprint density at radius 1 is 0.432 bits per heavy atom. The lowest BCUT2D eigenvalue weighted by atomic mass is 10.0. The first-order chi connectivity index (χ1) is 37.9. The molecule has 0 aliphatic rings. The Balaban J connectivity index is 6.27. The average molecular weight is 1200 g/mol. The van der Waals surface area contributed by atoms with E-state index in [2.05, 4.69) is 78.4 Å². The summed E-state index contributed by atoms with van der Waals surface area (Å²) < 4.78 is 0. The van der Waals surface area contributed by atoms with Crippen LogP contribution in [0.1, 0.15) is 91.4 Å². The molecule has 0 radical (unpaired) electrons. The third kappa shape index (κ3) is 30.6. The second-order valence-electron chi connectivity index (χ2n) is 18.2. The van der Waals surface area contributed by atoms with Gasteiger partial charge < -0.3 is 101 Å². The molecular weight excluding hydrogens is 1120 g/mol. The van der Waals surface area contributed by atoms with Gasteiger partial charge in [0.15, 0.2) is 5.96 Å². The number of carbonyl (C=O) groups excluding carboxylic acids is 10. The maximum absolute atomic E-state index is 13.8. The largest absolute Gasteiger partial charge is 0.481 e. The summed E-state index contributed by atoms with van der Waals surface area (Å²) >= 11 is 8.22. The molecule has 23 N–H and O–H groups in total. The Kier molecular flexibility index (Phi) is 35.3. The lowest BCUT2D eigenvalue weighted by Crippen LogP contribution is -2.60. The van der Waals surface area contributed by atoms with Crippen molar-refractivity contribution in [3.63, 3.8) is 0 Å². The number of aliphatic carboxylic acids is 4. The Labute approximate surface area is 475 Å². The molecule has 34 nitrogen and oxygen atoms in total. The third-order valence-electron chi connectivity index (χ3n) is 11.4. The minimum Gasteiger partial charge on any atom is -0.481 e. The van der Waals surface area contributed by atoms with Crippen molar-refractivity contribution in [2.24, 2.45) is 17.2 Å². The van der Waals surface area contributed by atoms with Crippen LogP contribution in [0.3, 0.4) is 0 Å². The number of carbonyl (C=O) groups is 14. The smallest absolute Gasteiger partial charge is 0.322 e. The summed E-state index contributed by atoms with van der Waals surface area (Å²) in [5, 5.41) is 79.4. The molecule has 0 aromatic heterocycles. The van der Waals surface area contributed by atoms with Gasteiger partial charge >= 0.3 is 23.9 Å². The highest BCUT2D eigenvalue weighted by molar-refractivity contribution is 7.80. The molecular formula is C45H77N15O19S2. The van der Waals surface area contributed by atoms with E-state index in [1.807, 2.05) is 5.32 Å². The second-order valence-corrected chi connectivity index (χ2v) is 18.9. The number of hydrogen-bond donors (Lipinski definition) is 22. The molecule has 36 heteroatoms. The van der Waals surface area contributed by atoms with Gasteiger partial charge in [-0.3, -0.25) is 72.5 Å². The zero-order valence-corrected chi connectivity index (χ0v) is 46.5. The SMILES string of the molecule is C[C@H](O)[C@@H](N)C(=O)N[C@H](CCCCN)C(=O)N[C@H](CCC(=O)O)C(=O)N[C@H](C)C(=O)N[C@H](CS)C(=O)N[C@H](C)C(=O)N[C@H](CCCNC(=N)N)C(=O)N[C@H](CS)C(=O)N[C@H](CCC(=O)O)C(=O)N[C@H](CCC(=O)O)C(=O)NCC(=O)O. The molecule has 0 unspecified atom stereocenters. The van der Waals surface area contributed by atoms with E-state index < -0.39 is 212 Å². The van der Waals surface area contributed by atoms with Crippen molar-refractivity contribution in [3.8, 4) is 0 Å². The Hall–Kier alpha value is -7.57. The highest BCUT2D eigenvalue weighted by Gasteiger charge is 2.35. The first kappa shape index (κ1) is 73.4. The van der Waals surface area contributed by atoms with Crippen LogP contribution in [-0.4, -0.2) is 212 Å². The molecule has 0 aromatic carbocycles. The molecule has 0 heterocycles. The number of rotatable bonds is 41. The van der Waals surface area contributed by atoms with Crippen molar-refractivity contribution < 1.29 is 92.7 Å². The predicted octanol–water partition coefficient (Wildman–Crippen LogP) is -7.86. The minimum absolute atomic E-state index is 0.00335. The molecule has 0 rings (SSSR count). The van der Waals surface area contributed by atoms with Crippen LogP contribution in [-0.2, 0) is 67.1 Å². The highest BCUT2D eigenvalue weighted by atomic mass is 32.1. The van der Waals surface area contributed by atoms with Gasteiger partial charge in [0.25, 0.3) is 0 Å². The summed E-state index contributed by atoms with van der Waals surface area (Å²) in [6.45, 7) is 2.95. The molecule has 458 valence electrons. The zero-order chi connectivity index (χ0) is 62.1. The number of nitrogens with one attached hydrogen (secondary N) is 12. The number of aliphatic hydroxyl groups excluding tert-OH is 1. The first-order valence-electron chi connectivity index (χ1n) is 25.2. The molecule has 0 aliphatic heterocycles. The van der Waals surface area contributed by atoms with Gasteiger partial charge in [0.1, 0.15) is 67.0 Å². The van der Waals surface area contributed by atoms with Crippen LogP contribution in [0.4, 0.5) is 0 Å². The standard InChI is InChI=1S/C45H77N15O19S2/c1-20(53-42(77)28(18-80)59-36(71)21(2)52-38(73)26(10-13-31(64)65)56-39(74)23(7-4-5-15-46)58-44(79)34(47)22(3)61)35(70)54-24(8-6-16-50-45(48)49)40(75)60-29(19-81)43(78)57-27(11-14-32(66)67)41(76)55-25(9-12-30(62)63)37(72)51-17-33(68)69/h20-29,34,61,80-81H,4-19,46-47H2,1-3H3,(H,51,72)(H,52,73)(H,53,77)(H,54,70)(H,55,76)(H,56,74)(H,57,78)(H,58,79)(H,59,71)(H,60,75)(H,62,63)(H,64,65)(H,66,67)(H,68,69)(H4,48,49,50)/t20-,21-,22+,23-,24-,25-,26-,27-,28-,29-,34-/m1/s1. The second kappa shape index (κ2) is 38.9. The first-order valence-corrected chi connectivity index (χ1v) is 26.5. The van der Waals surface area contributed by atoms with Crippen molar-refractivity contribution in [1.82, 2.24) is 58.5 Å². The maximum Gasteiger partial charge on any atom is 0.322 e. The summed E-state index contributed by atoms with van der Waals surface area (Å²) in [5.74, 6) is -17.3. The van der Waals surface area contributed by atoms with E-state index in [-0.39, 0.29) is 32.4 Å². The lowest BCUT2D eigenvalue weighted by Gasteiger charge is -2.27. The topological polar surface area (TPSA) is 574 Å². The van der Waals surface area contributed by atoms with E-state index in [1.54, 1.807) is 0 Å². The van der Waals surface area contributed by atoms with Crippen molar-refractivity contribution in [2.75, 3.05) is 31.1 Å². The Morgan fingerprint density at radius 2 is 0.753 bits per heavy atom. The molecule has 0 aromatic rings. The monoisotopic (exact) mass is 1200 g/mol. The summed E-state index contributed by atoms with van der Waals surface area (Å²) in [6, 6.07) is -15.3. The number of amides is 10. The molecule has 0 bridgehead atoms. The number of thiol groups is 2. The van der Waals surface area contributed by atoms with Crippen LogP contribution in [0.25, 0.3) is 0 Å². The van der Waals surface area contributed by atoms with E-state index >= 15 is 0 Å². The van der Waals surface area contributed by atoms with E-state index in [4.69, 9.17) is 32.8 Å². The molecule has 0 spiro atoms. The van der Waals surface area contributed by atoms with Gasteiger partial charge in [-0.05, 0) is 78.7 Å². The number of nitrogens with two attached hydrogens (primary N) is 3. The average Bonchev–Trinajstić information content (AvgIpc) is 3.39. The van der Waals surface area contributed by atoms with Gasteiger partial charge in [-0.2, -0.15) is 25.3 Å². The van der Waals surface area contributed by atoms with Crippen LogP contribution < -0.4 is 75.7 Å². The molecule has 0 aliphatic carbocycles. The van der Waals surface area contributed by atoms with Gasteiger partial charge in [-0.15, -0.1) is 0 Å². The Bertz CT molecular complexity index is 2230. The predicted molar refractivity (Wildman–Crippen MR) is 289 cm³/mol. The van der Waals surface area contributed by atoms with Gasteiger partial charge in [-0.1, -0.05) is 0 Å². The molecule has 0 fully saturated rings. The van der Waals surface area contributed by atoms with Crippen molar-refractivity contribution in [2.45, 2.75) is 158 Å². The molecule has 81 heavy (non-hydrogen) atoms. The minimum atomic E-state index is -1.75. The van der Waals surface area contributed by atoms with E-state index in [1.165, 1.54) is 20.8 Å². The van der Waals surface area contributed by atoms with Crippen molar-refractivity contribution in [3.05, 3.63) is 0 Å². The lowest BCUT2D eigenvalue weighted by molar-refractivity contribution is -0.140. The molecule has 0 saturated carbocycles. The number of carboxylic acids is 4. The number of unbranched alkanes of at least 4 members (excludes halogenated alkanes) is 1. The molecule has 10 amide bonds. The summed E-state index contributed by atoms with van der Waals surface area (Å²) in [5.41, 5.74) is 16.6. The summed E-state index contributed by atoms with van der Waals surface area (Å²) in [4.78, 5) is 178. The van der Waals surface area contributed by atoms with Crippen LogP contribution in [0.2, 0.25) is 0 Å². The van der Waals surface area contributed by atoms with Crippen LogP contribution in [0.15, 0.2) is 0 Å². The number of guanidine groups is 1. The number of aliphatic hydroxyl groups is 1. The zero-order valence-electron chi connectivity index (χ0n) is 44.7. The highest BCUT2D eigenvalue weighted by Crippen LogP contribution is 2.09. The third-order valence-corrected chi connectivity index (χ3v) is 12.1. The van der Waals surface area contributed by atoms with Gasteiger partial charge in [-0.25, -0.2) is 0 Å². The number of carboxylic acid groups (broad SMARTS) is 4. The van der Waals surface area contributed by atoms with Crippen LogP contribution >= 0.6 is 25.3 Å². The fourth-order valence-corrected chi connectivity index (χ4v) is 7.29. The van der Waals surface area contributed by atoms with Crippen LogP contribution in [0.5, 0.6) is 0 Å². The normalized spacial score (nSPS) is 14.9. The van der Waals surface area contributed by atoms with E-state index in [9.17, 15) is 82.4 Å². The Morgan fingerprint density at radius 3 is 1.12 bits per heavy atom.